The van der Waals surface area contributed by atoms with Gasteiger partial charge < -0.3 is 9.84 Å². The summed E-state index contributed by atoms with van der Waals surface area (Å²) in [6.45, 7) is 2.22. The first-order valence-electron chi connectivity index (χ1n) is 5.27. The fourth-order valence-corrected chi connectivity index (χ4v) is 1.66. The minimum atomic E-state index is -1.55. The highest BCUT2D eigenvalue weighted by atomic mass is 19.2. The van der Waals surface area contributed by atoms with E-state index in [9.17, 15) is 18.3 Å². The molecule has 0 aliphatic carbocycles. The molecule has 0 heterocycles. The molecule has 0 bridgehead atoms. The van der Waals surface area contributed by atoms with Crippen LogP contribution in [0.5, 0.6) is 0 Å². The van der Waals surface area contributed by atoms with Gasteiger partial charge in [-0.25, -0.2) is 13.2 Å². The van der Waals surface area contributed by atoms with Crippen LogP contribution in [0.2, 0.25) is 0 Å². The second-order valence-corrected chi connectivity index (χ2v) is 4.08. The van der Waals surface area contributed by atoms with E-state index in [-0.39, 0.29) is 17.9 Å². The molecule has 1 N–H and O–H groups in total. The van der Waals surface area contributed by atoms with Crippen LogP contribution < -0.4 is 0 Å². The molecule has 1 aromatic rings. The van der Waals surface area contributed by atoms with Crippen molar-refractivity contribution in [3.8, 4) is 0 Å². The van der Waals surface area contributed by atoms with Crippen LogP contribution >= 0.6 is 0 Å². The Bertz CT molecular complexity index is 382. The molecule has 1 rings (SSSR count). The Morgan fingerprint density at radius 2 is 1.88 bits per heavy atom. The number of aliphatic hydroxyl groups excluding tert-OH is 1. The Morgan fingerprint density at radius 1 is 1.24 bits per heavy atom. The van der Waals surface area contributed by atoms with Crippen LogP contribution in [0, 0.1) is 23.4 Å². The van der Waals surface area contributed by atoms with Crippen LogP contribution in [-0.2, 0) is 4.74 Å². The molecule has 0 saturated heterocycles. The van der Waals surface area contributed by atoms with Crippen molar-refractivity contribution in [2.45, 2.75) is 19.4 Å². The highest BCUT2D eigenvalue weighted by Gasteiger charge is 2.20. The van der Waals surface area contributed by atoms with Crippen molar-refractivity contribution in [2.75, 3.05) is 13.7 Å². The van der Waals surface area contributed by atoms with E-state index in [1.165, 1.54) is 7.11 Å². The monoisotopic (exact) mass is 248 g/mol. The molecular weight excluding hydrogens is 233 g/mol. The molecule has 0 aliphatic rings. The maximum absolute atomic E-state index is 13.3. The lowest BCUT2D eigenvalue weighted by molar-refractivity contribution is 0.0991. The lowest BCUT2D eigenvalue weighted by atomic mass is 9.98. The first-order chi connectivity index (χ1) is 7.97. The Balaban J connectivity index is 2.82. The number of hydrogen-bond donors (Lipinski definition) is 1. The zero-order valence-electron chi connectivity index (χ0n) is 9.71. The van der Waals surface area contributed by atoms with Crippen LogP contribution in [0.15, 0.2) is 12.1 Å². The number of ether oxygens (including phenoxy) is 1. The van der Waals surface area contributed by atoms with Crippen molar-refractivity contribution in [2.24, 2.45) is 5.92 Å². The van der Waals surface area contributed by atoms with Crippen LogP contribution in [0.25, 0.3) is 0 Å². The normalized spacial score (nSPS) is 14.7. The van der Waals surface area contributed by atoms with Crippen LogP contribution in [-0.4, -0.2) is 18.8 Å². The number of aliphatic hydroxyl groups is 1. The van der Waals surface area contributed by atoms with Crippen LogP contribution in [0.3, 0.4) is 0 Å². The smallest absolute Gasteiger partial charge is 0.194 e. The van der Waals surface area contributed by atoms with E-state index in [1.54, 1.807) is 0 Å². The van der Waals surface area contributed by atoms with Gasteiger partial charge in [-0.2, -0.15) is 0 Å². The molecule has 5 heteroatoms. The minimum absolute atomic E-state index is 0.0116. The molecular formula is C12H15F3O2. The molecule has 2 atom stereocenters. The highest BCUT2D eigenvalue weighted by molar-refractivity contribution is 5.22. The van der Waals surface area contributed by atoms with Crippen molar-refractivity contribution in [3.63, 3.8) is 0 Å². The van der Waals surface area contributed by atoms with E-state index in [0.717, 1.165) is 12.1 Å². The second kappa shape index (κ2) is 6.02. The van der Waals surface area contributed by atoms with Gasteiger partial charge in [-0.1, -0.05) is 13.0 Å². The van der Waals surface area contributed by atoms with Gasteiger partial charge in [0.05, 0.1) is 6.10 Å². The van der Waals surface area contributed by atoms with Gasteiger partial charge in [-0.15, -0.1) is 0 Å². The van der Waals surface area contributed by atoms with Crippen LogP contribution in [0.1, 0.15) is 25.0 Å². The van der Waals surface area contributed by atoms with E-state index in [1.807, 2.05) is 6.92 Å². The maximum Gasteiger partial charge on any atom is 0.194 e. The third-order valence-corrected chi connectivity index (χ3v) is 2.50. The molecule has 1 aromatic carbocycles. The van der Waals surface area contributed by atoms with Crippen molar-refractivity contribution in [3.05, 3.63) is 35.1 Å². The van der Waals surface area contributed by atoms with Gasteiger partial charge in [0.1, 0.15) is 0 Å². The highest BCUT2D eigenvalue weighted by Crippen LogP contribution is 2.26. The maximum atomic E-state index is 13.3. The lowest BCUT2D eigenvalue weighted by Crippen LogP contribution is -2.11. The second-order valence-electron chi connectivity index (χ2n) is 4.08. The average Bonchev–Trinajstić information content (AvgIpc) is 2.26. The Labute approximate surface area is 98.0 Å². The zero-order chi connectivity index (χ0) is 13.0. The topological polar surface area (TPSA) is 29.5 Å². The number of methoxy groups -OCH3 is 1. The predicted octanol–water partition coefficient (Wildman–Crippen LogP) is 2.81. The first kappa shape index (κ1) is 14.0. The number of hydrogen-bond acceptors (Lipinski definition) is 2. The number of rotatable bonds is 5. The van der Waals surface area contributed by atoms with Crippen molar-refractivity contribution < 1.29 is 23.0 Å². The Morgan fingerprint density at radius 3 is 2.47 bits per heavy atom. The van der Waals surface area contributed by atoms with E-state index in [2.05, 4.69) is 0 Å². The third kappa shape index (κ3) is 3.44. The standard InChI is InChI=1S/C12H15F3O2/c1-7(6-17-2)5-10(16)8-3-4-9(13)12(15)11(8)14/h3-4,7,10,16H,5-6H2,1-2H3. The van der Waals surface area contributed by atoms with Gasteiger partial charge in [0, 0.05) is 19.3 Å². The molecule has 96 valence electrons. The summed E-state index contributed by atoms with van der Waals surface area (Å²) in [5, 5.41) is 9.73. The summed E-state index contributed by atoms with van der Waals surface area (Å²) in [5.74, 6) is -4.16. The average molecular weight is 248 g/mol. The lowest BCUT2D eigenvalue weighted by Gasteiger charge is -2.16. The molecule has 0 amide bonds. The zero-order valence-corrected chi connectivity index (χ0v) is 9.71. The van der Waals surface area contributed by atoms with Crippen LogP contribution in [0.4, 0.5) is 13.2 Å². The number of benzene rings is 1. The Hall–Kier alpha value is -1.07. The largest absolute Gasteiger partial charge is 0.388 e. The van der Waals surface area contributed by atoms with Gasteiger partial charge in [0.25, 0.3) is 0 Å². The van der Waals surface area contributed by atoms with Gasteiger partial charge in [0.15, 0.2) is 17.5 Å². The summed E-state index contributed by atoms with van der Waals surface area (Å²) in [6.07, 6.45) is -0.953. The summed E-state index contributed by atoms with van der Waals surface area (Å²) in [7, 11) is 1.51. The molecule has 0 aliphatic heterocycles. The molecule has 17 heavy (non-hydrogen) atoms. The molecule has 2 unspecified atom stereocenters. The predicted molar refractivity (Wildman–Crippen MR) is 56.9 cm³/mol. The summed E-state index contributed by atoms with van der Waals surface area (Å²) < 4.78 is 43.9. The third-order valence-electron chi connectivity index (χ3n) is 2.50. The van der Waals surface area contributed by atoms with E-state index in [4.69, 9.17) is 4.74 Å². The summed E-state index contributed by atoms with van der Waals surface area (Å²) in [6, 6.07) is 1.86. The van der Waals surface area contributed by atoms with E-state index >= 15 is 0 Å². The summed E-state index contributed by atoms with van der Waals surface area (Å²) >= 11 is 0. The van der Waals surface area contributed by atoms with Gasteiger partial charge in [-0.3, -0.25) is 0 Å². The molecule has 0 aromatic heterocycles. The quantitative estimate of drug-likeness (QED) is 0.812. The molecule has 0 spiro atoms. The van der Waals surface area contributed by atoms with Crippen molar-refractivity contribution in [1.82, 2.24) is 0 Å². The minimum Gasteiger partial charge on any atom is -0.388 e. The SMILES string of the molecule is COCC(C)CC(O)c1ccc(F)c(F)c1F. The number of halogens is 3. The summed E-state index contributed by atoms with van der Waals surface area (Å²) in [5.41, 5.74) is -0.230. The van der Waals surface area contributed by atoms with Crippen molar-refractivity contribution >= 4 is 0 Å². The van der Waals surface area contributed by atoms with Gasteiger partial charge >= 0.3 is 0 Å². The molecule has 0 radical (unpaired) electrons. The molecule has 0 fully saturated rings. The fraction of sp³-hybridized carbons (Fsp3) is 0.500. The fourth-order valence-electron chi connectivity index (χ4n) is 1.66. The summed E-state index contributed by atoms with van der Waals surface area (Å²) in [4.78, 5) is 0. The molecule has 0 saturated carbocycles. The van der Waals surface area contributed by atoms with Gasteiger partial charge in [-0.05, 0) is 18.4 Å². The van der Waals surface area contributed by atoms with E-state index in [0.29, 0.717) is 6.61 Å². The van der Waals surface area contributed by atoms with Crippen molar-refractivity contribution in [1.29, 1.82) is 0 Å². The molecule has 2 nitrogen and oxygen atoms in total. The van der Waals surface area contributed by atoms with Gasteiger partial charge in [0.2, 0.25) is 0 Å². The first-order valence-corrected chi connectivity index (χ1v) is 5.27. The van der Waals surface area contributed by atoms with E-state index < -0.39 is 23.6 Å². The Kier molecular flexibility index (Phi) is 4.96.